The summed E-state index contributed by atoms with van der Waals surface area (Å²) >= 11 is 4.68. The number of pyridine rings is 1. The normalized spacial score (nSPS) is 17.8. The summed E-state index contributed by atoms with van der Waals surface area (Å²) in [5, 5.41) is 46.3. The zero-order valence-corrected chi connectivity index (χ0v) is 26.7. The highest BCUT2D eigenvalue weighted by molar-refractivity contribution is 8.06. The maximum Gasteiger partial charge on any atom is 0.353 e. The molecule has 0 saturated carbocycles. The monoisotopic (exact) mass is 709 g/mol. The van der Waals surface area contributed by atoms with Crippen LogP contribution in [0, 0.1) is 6.92 Å². The molecule has 21 heteroatoms. The Kier molecular flexibility index (Phi) is 9.55. The molecular weight excluding hydrogens is 687 g/mol. The van der Waals surface area contributed by atoms with Crippen LogP contribution in [0.5, 0.6) is 5.75 Å². The van der Waals surface area contributed by atoms with Crippen LogP contribution in [-0.4, -0.2) is 93.2 Å². The first-order valence-electron chi connectivity index (χ1n) is 12.9. The van der Waals surface area contributed by atoms with Crippen LogP contribution in [0.3, 0.4) is 0 Å². The average molecular weight is 710 g/mol. The number of rotatable bonds is 12. The van der Waals surface area contributed by atoms with Gasteiger partial charge in [0.05, 0.1) is 24.4 Å². The number of carbonyl (C=O) groups excluding carboxylic acids is 2. The number of nitrogens with zero attached hydrogens (tertiary/aromatic N) is 5. The highest BCUT2D eigenvalue weighted by Crippen LogP contribution is 2.41. The first-order chi connectivity index (χ1) is 21.8. The zero-order valence-electron chi connectivity index (χ0n) is 23.4. The van der Waals surface area contributed by atoms with Gasteiger partial charge in [0.25, 0.3) is 11.8 Å². The van der Waals surface area contributed by atoms with E-state index in [-0.39, 0.29) is 45.9 Å². The van der Waals surface area contributed by atoms with Gasteiger partial charge in [0.2, 0.25) is 5.43 Å². The SMILES string of the molecule is Cc1nc(SCC2=C(C(=O)O)N3C(=O)[C@@H](NC(=O)/C(=N/OCc4cc(=O)c(O)cn4O)c4csc(N)n4)[C@H]3CS2)sc1CC(=O)O. The third kappa shape index (κ3) is 6.80. The number of nitrogens with two attached hydrogens (primary N) is 1. The minimum atomic E-state index is -1.32. The van der Waals surface area contributed by atoms with Crippen molar-refractivity contribution >= 4 is 80.8 Å². The molecule has 0 aliphatic carbocycles. The second-order valence-electron chi connectivity index (χ2n) is 9.61. The summed E-state index contributed by atoms with van der Waals surface area (Å²) < 4.78 is 1.02. The van der Waals surface area contributed by atoms with E-state index in [9.17, 15) is 39.4 Å². The van der Waals surface area contributed by atoms with Gasteiger partial charge in [0.15, 0.2) is 27.5 Å². The molecular formula is C25H23N7O10S4. The van der Waals surface area contributed by atoms with Crippen LogP contribution in [0.15, 0.2) is 42.5 Å². The van der Waals surface area contributed by atoms with Gasteiger partial charge in [0, 0.05) is 32.7 Å². The first kappa shape index (κ1) is 32.8. The number of aryl methyl sites for hydroxylation is 1. The number of nitrogens with one attached hydrogen (secondary N) is 1. The van der Waals surface area contributed by atoms with Gasteiger partial charge in [-0.25, -0.2) is 14.8 Å². The van der Waals surface area contributed by atoms with Crippen molar-refractivity contribution in [1.29, 1.82) is 0 Å². The van der Waals surface area contributed by atoms with Gasteiger partial charge >= 0.3 is 11.9 Å². The average Bonchev–Trinajstić information content (AvgIpc) is 3.58. The molecule has 3 aromatic heterocycles. The molecule has 0 unspecified atom stereocenters. The van der Waals surface area contributed by atoms with Crippen molar-refractivity contribution < 1.29 is 44.5 Å². The number of oxime groups is 1. The maximum absolute atomic E-state index is 13.3. The van der Waals surface area contributed by atoms with Crippen molar-refractivity contribution in [3.8, 4) is 5.75 Å². The number of nitrogen functional groups attached to an aromatic ring is 1. The Morgan fingerprint density at radius 2 is 2.02 bits per heavy atom. The van der Waals surface area contributed by atoms with Gasteiger partial charge in [-0.1, -0.05) is 16.9 Å². The van der Waals surface area contributed by atoms with E-state index in [0.717, 1.165) is 28.5 Å². The van der Waals surface area contributed by atoms with Crippen molar-refractivity contribution in [3.05, 3.63) is 60.4 Å². The Morgan fingerprint density at radius 3 is 2.70 bits per heavy atom. The standard InChI is InChI=1S/C25H23N7O10S4/c1-9-15(3-17(35)36)46-25(27-9)45-8-16-20(23(39)40)32-12(7-43-16)19(22(32)38)29-21(37)18(11-6-44-24(26)28-11)30-42-5-10-2-13(33)14(34)4-31(10)41/h2,4,6,12,19,34,41H,3,5,7-8H2,1H3,(H2,26,28)(H,29,37)(H,35,36)(H,39,40)/b30-18+/t12-,19+/m1/s1. The highest BCUT2D eigenvalue weighted by Gasteiger charge is 2.54. The molecule has 2 amide bonds. The molecule has 5 heterocycles. The number of fused-ring (bicyclic) bond motifs is 1. The largest absolute Gasteiger partial charge is 0.503 e. The molecule has 0 bridgehead atoms. The Labute approximate surface area is 274 Å². The maximum atomic E-state index is 13.3. The van der Waals surface area contributed by atoms with Gasteiger partial charge in [-0.2, -0.15) is 4.73 Å². The fourth-order valence-electron chi connectivity index (χ4n) is 4.40. The van der Waals surface area contributed by atoms with E-state index in [4.69, 9.17) is 15.7 Å². The Morgan fingerprint density at radius 1 is 1.26 bits per heavy atom. The molecule has 242 valence electrons. The van der Waals surface area contributed by atoms with Crippen LogP contribution in [0.1, 0.15) is 22.0 Å². The van der Waals surface area contributed by atoms with E-state index in [1.807, 2.05) is 0 Å². The number of aromatic hydroxyl groups is 1. The number of thiazole rings is 2. The number of aromatic nitrogens is 3. The highest BCUT2D eigenvalue weighted by atomic mass is 32.2. The second-order valence-corrected chi connectivity index (χ2v) is 13.9. The van der Waals surface area contributed by atoms with Crippen LogP contribution in [0.4, 0.5) is 5.13 Å². The first-order valence-corrected chi connectivity index (χ1v) is 16.6. The lowest BCUT2D eigenvalue weighted by atomic mass is 9.94. The lowest BCUT2D eigenvalue weighted by Gasteiger charge is -2.49. The van der Waals surface area contributed by atoms with E-state index in [2.05, 4.69) is 20.4 Å². The molecule has 3 aromatic rings. The van der Waals surface area contributed by atoms with Crippen molar-refractivity contribution in [2.45, 2.75) is 36.4 Å². The number of hydrogen-bond donors (Lipinski definition) is 6. The zero-order chi connectivity index (χ0) is 33.3. The molecule has 0 radical (unpaired) electrons. The quantitative estimate of drug-likeness (QED) is 0.0497. The Balaban J connectivity index is 1.29. The number of aliphatic carboxylic acids is 2. The summed E-state index contributed by atoms with van der Waals surface area (Å²) in [5.41, 5.74) is 4.85. The molecule has 5 rings (SSSR count). The molecule has 2 aliphatic heterocycles. The summed E-state index contributed by atoms with van der Waals surface area (Å²) in [6.45, 7) is 1.20. The summed E-state index contributed by atoms with van der Waals surface area (Å²) in [6.07, 6.45) is 0.592. The smallest absolute Gasteiger partial charge is 0.353 e. The molecule has 2 aliphatic rings. The van der Waals surface area contributed by atoms with E-state index in [0.29, 0.717) is 24.5 Å². The number of anilines is 1. The second kappa shape index (κ2) is 13.4. The van der Waals surface area contributed by atoms with Crippen LogP contribution in [-0.2, 0) is 37.0 Å². The molecule has 1 fully saturated rings. The van der Waals surface area contributed by atoms with Gasteiger partial charge in [0.1, 0.15) is 23.1 Å². The number of amides is 2. The predicted molar refractivity (Wildman–Crippen MR) is 166 cm³/mol. The topological polar surface area (TPSA) is 260 Å². The Bertz CT molecular complexity index is 1870. The molecule has 7 N–H and O–H groups in total. The van der Waals surface area contributed by atoms with E-state index < -0.39 is 53.6 Å². The summed E-state index contributed by atoms with van der Waals surface area (Å²) in [6, 6.07) is -0.873. The fraction of sp³-hybridized carbons (Fsp3) is 0.280. The minimum Gasteiger partial charge on any atom is -0.503 e. The van der Waals surface area contributed by atoms with E-state index in [1.165, 1.54) is 40.2 Å². The number of carboxylic acid groups (broad SMARTS) is 2. The molecule has 0 spiro atoms. The molecule has 1 saturated heterocycles. The third-order valence-electron chi connectivity index (χ3n) is 6.59. The predicted octanol–water partition coefficient (Wildman–Crippen LogP) is 0.674. The number of carboxylic acids is 2. The minimum absolute atomic E-state index is 0.0168. The van der Waals surface area contributed by atoms with Crippen molar-refractivity contribution in [2.24, 2.45) is 5.16 Å². The number of carbonyl (C=O) groups is 4. The lowest BCUT2D eigenvalue weighted by Crippen LogP contribution is -2.73. The van der Waals surface area contributed by atoms with Crippen LogP contribution in [0.25, 0.3) is 0 Å². The van der Waals surface area contributed by atoms with Crippen molar-refractivity contribution in [1.82, 2.24) is 24.9 Å². The third-order valence-corrected chi connectivity index (χ3v) is 11.0. The van der Waals surface area contributed by atoms with E-state index in [1.54, 1.807) is 6.92 Å². The summed E-state index contributed by atoms with van der Waals surface area (Å²) in [5.74, 6) is -4.08. The number of thioether (sulfide) groups is 2. The van der Waals surface area contributed by atoms with E-state index >= 15 is 0 Å². The van der Waals surface area contributed by atoms with Crippen molar-refractivity contribution in [2.75, 3.05) is 17.2 Å². The van der Waals surface area contributed by atoms with Gasteiger partial charge in [-0.05, 0) is 6.92 Å². The van der Waals surface area contributed by atoms with Crippen molar-refractivity contribution in [3.63, 3.8) is 0 Å². The fourth-order valence-corrected chi connectivity index (χ4v) is 8.58. The van der Waals surface area contributed by atoms with Gasteiger partial charge in [-0.15, -0.1) is 34.4 Å². The lowest BCUT2D eigenvalue weighted by molar-refractivity contribution is -0.153. The molecule has 2 atom stereocenters. The number of hydrogen-bond acceptors (Lipinski definition) is 16. The molecule has 46 heavy (non-hydrogen) atoms. The Hall–Kier alpha value is -4.60. The summed E-state index contributed by atoms with van der Waals surface area (Å²) in [4.78, 5) is 77.3. The van der Waals surface area contributed by atoms with Gasteiger partial charge < -0.3 is 36.4 Å². The van der Waals surface area contributed by atoms with Crippen LogP contribution < -0.4 is 16.5 Å². The molecule has 0 aromatic carbocycles. The molecule has 17 nitrogen and oxygen atoms in total. The van der Waals surface area contributed by atoms with Gasteiger partial charge in [-0.3, -0.25) is 24.1 Å². The number of β-lactam (4-membered cyclic amide) rings is 1. The van der Waals surface area contributed by atoms with Crippen LogP contribution >= 0.6 is 46.2 Å². The summed E-state index contributed by atoms with van der Waals surface area (Å²) in [7, 11) is 0. The van der Waals surface area contributed by atoms with Crippen LogP contribution in [0.2, 0.25) is 0 Å².